The van der Waals surface area contributed by atoms with Crippen LogP contribution in [-0.4, -0.2) is 53.3 Å². The van der Waals surface area contributed by atoms with Crippen LogP contribution in [-0.2, 0) is 17.6 Å². The van der Waals surface area contributed by atoms with Gasteiger partial charge in [-0.25, -0.2) is 0 Å². The Kier molecular flexibility index (Phi) is 5.26. The van der Waals surface area contributed by atoms with E-state index < -0.39 is 0 Å². The van der Waals surface area contributed by atoms with Crippen molar-refractivity contribution >= 4 is 29.0 Å². The van der Waals surface area contributed by atoms with E-state index >= 15 is 0 Å². The maximum atomic E-state index is 12.2. The van der Waals surface area contributed by atoms with E-state index in [1.807, 2.05) is 19.2 Å². The predicted molar refractivity (Wildman–Crippen MR) is 109 cm³/mol. The third-order valence-electron chi connectivity index (χ3n) is 5.80. The lowest BCUT2D eigenvalue weighted by molar-refractivity contribution is -0.124. The predicted octanol–water partition coefficient (Wildman–Crippen LogP) is 3.78. The highest BCUT2D eigenvalue weighted by Crippen LogP contribution is 2.38. The Bertz CT molecular complexity index is 832. The first-order valence-corrected chi connectivity index (χ1v) is 10.1. The van der Waals surface area contributed by atoms with Gasteiger partial charge < -0.3 is 0 Å². The molecule has 1 aromatic carbocycles. The van der Waals surface area contributed by atoms with Gasteiger partial charge in [-0.15, -0.1) is 0 Å². The fourth-order valence-corrected chi connectivity index (χ4v) is 4.73. The minimum absolute atomic E-state index is 0.0163. The molecule has 2 atom stereocenters. The number of aromatic nitrogens is 1. The summed E-state index contributed by atoms with van der Waals surface area (Å²) in [4.78, 5) is 21.4. The lowest BCUT2D eigenvalue weighted by atomic mass is 9.95. The number of Topliss-reactive ketones (excluding diaryl/α,β-unsaturated/α-hetero) is 1. The summed E-state index contributed by atoms with van der Waals surface area (Å²) < 4.78 is 0. The summed E-state index contributed by atoms with van der Waals surface area (Å²) in [5.74, 6) is 0.205. The van der Waals surface area contributed by atoms with Gasteiger partial charge in [0.2, 0.25) is 0 Å². The maximum absolute atomic E-state index is 12.2. The second-order valence-electron chi connectivity index (χ2n) is 7.55. The van der Waals surface area contributed by atoms with Gasteiger partial charge >= 0.3 is 0 Å². The van der Waals surface area contributed by atoms with E-state index in [0.717, 1.165) is 36.6 Å². The molecule has 0 spiro atoms. The molecule has 2 heterocycles. The average molecular weight is 404 g/mol. The fraction of sp³-hybridized carbons (Fsp3) is 0.429. The molecular formula is C21H23Cl2N3O. The number of hydrogen-bond donors (Lipinski definition) is 0. The summed E-state index contributed by atoms with van der Waals surface area (Å²) in [7, 11) is 2.02. The molecule has 4 nitrogen and oxygen atoms in total. The van der Waals surface area contributed by atoms with Crippen LogP contribution in [0.5, 0.6) is 0 Å². The van der Waals surface area contributed by atoms with Gasteiger partial charge in [0.15, 0.2) is 0 Å². The van der Waals surface area contributed by atoms with E-state index in [-0.39, 0.29) is 17.9 Å². The van der Waals surface area contributed by atoms with Gasteiger partial charge in [-0.05, 0) is 61.7 Å². The lowest BCUT2D eigenvalue weighted by Gasteiger charge is -2.42. The van der Waals surface area contributed by atoms with Crippen LogP contribution >= 0.6 is 23.2 Å². The van der Waals surface area contributed by atoms with Crippen molar-refractivity contribution in [2.45, 2.75) is 31.8 Å². The highest BCUT2D eigenvalue weighted by molar-refractivity contribution is 6.30. The summed E-state index contributed by atoms with van der Waals surface area (Å²) in [6, 6.07) is 8.09. The minimum Gasteiger partial charge on any atom is -0.298 e. The summed E-state index contributed by atoms with van der Waals surface area (Å²) in [6.45, 7) is 4.11. The van der Waals surface area contributed by atoms with Crippen LogP contribution in [0.15, 0.2) is 30.5 Å². The molecule has 1 fully saturated rings. The van der Waals surface area contributed by atoms with Crippen molar-refractivity contribution in [2.75, 3.05) is 26.7 Å². The number of piperazine rings is 1. The number of carbonyl (C=O) groups is 1. The summed E-state index contributed by atoms with van der Waals surface area (Å²) >= 11 is 12.5. The van der Waals surface area contributed by atoms with Crippen molar-refractivity contribution in [3.63, 3.8) is 0 Å². The van der Waals surface area contributed by atoms with Crippen molar-refractivity contribution in [1.82, 2.24) is 14.8 Å². The molecule has 6 heteroatoms. The van der Waals surface area contributed by atoms with E-state index in [9.17, 15) is 4.79 Å². The SMILES string of the molecule is CC(=O)[C@H]1CN([C@@H]2c3ccc(Cl)cc3CCc3cc(Cl)cnc32)CCN1C. The third-order valence-corrected chi connectivity index (χ3v) is 6.25. The van der Waals surface area contributed by atoms with Crippen molar-refractivity contribution in [3.8, 4) is 0 Å². The van der Waals surface area contributed by atoms with Crippen LogP contribution in [0.4, 0.5) is 0 Å². The minimum atomic E-state index is -0.0893. The first-order valence-electron chi connectivity index (χ1n) is 9.31. The van der Waals surface area contributed by atoms with Crippen molar-refractivity contribution in [1.29, 1.82) is 0 Å². The van der Waals surface area contributed by atoms with Crippen molar-refractivity contribution < 1.29 is 4.79 Å². The molecule has 0 unspecified atom stereocenters. The molecule has 0 N–H and O–H groups in total. The number of likely N-dealkylation sites (N-methyl/N-ethyl adjacent to an activating group) is 1. The number of pyridine rings is 1. The maximum Gasteiger partial charge on any atom is 0.148 e. The fourth-order valence-electron chi connectivity index (χ4n) is 4.35. The van der Waals surface area contributed by atoms with Crippen LogP contribution < -0.4 is 0 Å². The monoisotopic (exact) mass is 403 g/mol. The molecule has 0 amide bonds. The van der Waals surface area contributed by atoms with Crippen molar-refractivity contribution in [3.05, 3.63) is 62.9 Å². The number of fused-ring (bicyclic) bond motifs is 2. The number of benzene rings is 1. The van der Waals surface area contributed by atoms with Crippen molar-refractivity contribution in [2.24, 2.45) is 0 Å². The Hall–Kier alpha value is -1.46. The lowest BCUT2D eigenvalue weighted by Crippen LogP contribution is -2.55. The first kappa shape index (κ1) is 18.9. The number of halogens is 2. The zero-order chi connectivity index (χ0) is 19.1. The second-order valence-corrected chi connectivity index (χ2v) is 8.42. The molecule has 4 rings (SSSR count). The quantitative estimate of drug-likeness (QED) is 0.764. The normalized spacial score (nSPS) is 23.4. The molecule has 27 heavy (non-hydrogen) atoms. The van der Waals surface area contributed by atoms with E-state index in [1.54, 1.807) is 13.1 Å². The van der Waals surface area contributed by atoms with Crippen LogP contribution in [0.25, 0.3) is 0 Å². The zero-order valence-electron chi connectivity index (χ0n) is 15.6. The third kappa shape index (κ3) is 3.64. The van der Waals surface area contributed by atoms with Gasteiger partial charge in [-0.3, -0.25) is 19.6 Å². The van der Waals surface area contributed by atoms with E-state index in [1.165, 1.54) is 16.7 Å². The smallest absolute Gasteiger partial charge is 0.148 e. The summed E-state index contributed by atoms with van der Waals surface area (Å²) in [6.07, 6.45) is 3.52. The Morgan fingerprint density at radius 3 is 2.63 bits per heavy atom. The van der Waals surface area contributed by atoms with E-state index in [0.29, 0.717) is 11.6 Å². The molecule has 1 aromatic heterocycles. The molecule has 1 saturated heterocycles. The summed E-state index contributed by atoms with van der Waals surface area (Å²) in [5, 5.41) is 1.42. The van der Waals surface area contributed by atoms with E-state index in [2.05, 4.69) is 21.9 Å². The van der Waals surface area contributed by atoms with Crippen LogP contribution in [0, 0.1) is 0 Å². The number of carbonyl (C=O) groups excluding carboxylic acids is 1. The molecule has 2 aromatic rings. The Labute approximate surface area is 170 Å². The molecule has 0 bridgehead atoms. The standard InChI is InChI=1S/C21H23Cl2N3O/c1-13(27)19-12-26(8-7-25(19)2)21-18-6-5-16(22)9-14(18)3-4-15-10-17(23)11-24-20(15)21/h5-6,9-11,19,21H,3-4,7-8,12H2,1-2H3/t19-,21-/m1/s1. The van der Waals surface area contributed by atoms with Gasteiger partial charge in [-0.2, -0.15) is 0 Å². The Morgan fingerprint density at radius 2 is 1.85 bits per heavy atom. The molecule has 1 aliphatic heterocycles. The molecular weight excluding hydrogens is 381 g/mol. The highest BCUT2D eigenvalue weighted by atomic mass is 35.5. The van der Waals surface area contributed by atoms with Gasteiger partial charge in [-0.1, -0.05) is 29.3 Å². The van der Waals surface area contributed by atoms with Gasteiger partial charge in [0.1, 0.15) is 5.78 Å². The highest BCUT2D eigenvalue weighted by Gasteiger charge is 2.36. The molecule has 2 aliphatic rings. The molecule has 142 valence electrons. The Morgan fingerprint density at radius 1 is 1.11 bits per heavy atom. The average Bonchev–Trinajstić information content (AvgIpc) is 2.78. The number of nitrogens with zero attached hydrogens (tertiary/aromatic N) is 3. The molecule has 0 saturated carbocycles. The summed E-state index contributed by atoms with van der Waals surface area (Å²) in [5.41, 5.74) is 4.71. The Balaban J connectivity index is 1.82. The second kappa shape index (κ2) is 7.51. The number of hydrogen-bond acceptors (Lipinski definition) is 4. The molecule has 0 radical (unpaired) electrons. The van der Waals surface area contributed by atoms with Gasteiger partial charge in [0.05, 0.1) is 22.8 Å². The largest absolute Gasteiger partial charge is 0.298 e. The van der Waals surface area contributed by atoms with Crippen LogP contribution in [0.3, 0.4) is 0 Å². The van der Waals surface area contributed by atoms with Crippen LogP contribution in [0.1, 0.15) is 35.3 Å². The molecule has 1 aliphatic carbocycles. The van der Waals surface area contributed by atoms with Gasteiger partial charge in [0, 0.05) is 30.9 Å². The number of aryl methyl sites for hydroxylation is 2. The number of ketones is 1. The topological polar surface area (TPSA) is 36.4 Å². The first-order chi connectivity index (χ1) is 12.9. The van der Waals surface area contributed by atoms with E-state index in [4.69, 9.17) is 28.2 Å². The zero-order valence-corrected chi connectivity index (χ0v) is 17.1. The van der Waals surface area contributed by atoms with Gasteiger partial charge in [0.25, 0.3) is 0 Å². The van der Waals surface area contributed by atoms with Crippen LogP contribution in [0.2, 0.25) is 10.0 Å². The number of rotatable bonds is 2.